The molecule has 0 spiro atoms. The fourth-order valence-corrected chi connectivity index (χ4v) is 2.32. The van der Waals surface area contributed by atoms with Gasteiger partial charge in [0.15, 0.2) is 5.82 Å². The van der Waals surface area contributed by atoms with Crippen LogP contribution in [-0.4, -0.2) is 38.6 Å². The smallest absolute Gasteiger partial charge is 0.161 e. The van der Waals surface area contributed by atoms with E-state index in [9.17, 15) is 4.39 Å². The van der Waals surface area contributed by atoms with Crippen LogP contribution in [0.5, 0.6) is 0 Å². The van der Waals surface area contributed by atoms with Crippen molar-refractivity contribution in [2.75, 3.05) is 38.6 Å². The van der Waals surface area contributed by atoms with Gasteiger partial charge in [0.1, 0.15) is 6.07 Å². The van der Waals surface area contributed by atoms with Gasteiger partial charge in [0, 0.05) is 13.1 Å². The van der Waals surface area contributed by atoms with E-state index in [0.717, 1.165) is 26.1 Å². The molecule has 0 N–H and O–H groups in total. The second kappa shape index (κ2) is 7.46. The normalized spacial score (nSPS) is 10.6. The summed E-state index contributed by atoms with van der Waals surface area (Å²) in [4.78, 5) is 4.10. The fourth-order valence-electron chi connectivity index (χ4n) is 1.90. The van der Waals surface area contributed by atoms with Gasteiger partial charge in [-0.05, 0) is 62.0 Å². The SMILES string of the molecule is CCN(CCCN(C)C)c1ccc(C#N)c(Br)c1F. The van der Waals surface area contributed by atoms with Crippen molar-refractivity contribution in [3.05, 3.63) is 28.0 Å². The van der Waals surface area contributed by atoms with Crippen molar-refractivity contribution >= 4 is 21.6 Å². The van der Waals surface area contributed by atoms with Crippen molar-refractivity contribution in [3.8, 4) is 6.07 Å². The van der Waals surface area contributed by atoms with E-state index in [4.69, 9.17) is 5.26 Å². The summed E-state index contributed by atoms with van der Waals surface area (Å²) in [7, 11) is 4.05. The van der Waals surface area contributed by atoms with E-state index >= 15 is 0 Å². The monoisotopic (exact) mass is 327 g/mol. The molecule has 0 amide bonds. The number of anilines is 1. The summed E-state index contributed by atoms with van der Waals surface area (Å²) < 4.78 is 14.5. The van der Waals surface area contributed by atoms with E-state index in [1.165, 1.54) is 0 Å². The lowest BCUT2D eigenvalue weighted by molar-refractivity contribution is 0.400. The van der Waals surface area contributed by atoms with Crippen molar-refractivity contribution in [3.63, 3.8) is 0 Å². The molecule has 3 nitrogen and oxygen atoms in total. The topological polar surface area (TPSA) is 30.3 Å². The lowest BCUT2D eigenvalue weighted by Gasteiger charge is -2.25. The second-order valence-electron chi connectivity index (χ2n) is 4.61. The van der Waals surface area contributed by atoms with Crippen molar-refractivity contribution in [1.29, 1.82) is 5.26 Å². The Balaban J connectivity index is 2.87. The number of hydrogen-bond donors (Lipinski definition) is 0. The zero-order valence-corrected chi connectivity index (χ0v) is 13.2. The predicted molar refractivity (Wildman–Crippen MR) is 79.9 cm³/mol. The van der Waals surface area contributed by atoms with Crippen molar-refractivity contribution < 1.29 is 4.39 Å². The Morgan fingerprint density at radius 1 is 1.32 bits per heavy atom. The first-order valence-electron chi connectivity index (χ1n) is 6.29. The molecule has 1 aromatic carbocycles. The largest absolute Gasteiger partial charge is 0.369 e. The summed E-state index contributed by atoms with van der Waals surface area (Å²) in [5.74, 6) is -0.356. The van der Waals surface area contributed by atoms with Crippen LogP contribution >= 0.6 is 15.9 Å². The fraction of sp³-hybridized carbons (Fsp3) is 0.500. The third kappa shape index (κ3) is 4.19. The van der Waals surface area contributed by atoms with Gasteiger partial charge in [0.05, 0.1) is 15.7 Å². The average molecular weight is 328 g/mol. The molecule has 0 saturated heterocycles. The van der Waals surface area contributed by atoms with Crippen LogP contribution in [-0.2, 0) is 0 Å². The predicted octanol–water partition coefficient (Wildman–Crippen LogP) is 3.24. The molecule has 0 aliphatic heterocycles. The van der Waals surface area contributed by atoms with Crippen molar-refractivity contribution in [2.24, 2.45) is 0 Å². The number of hydrogen-bond acceptors (Lipinski definition) is 3. The van der Waals surface area contributed by atoms with Gasteiger partial charge in [-0.25, -0.2) is 4.39 Å². The molecule has 0 fully saturated rings. The Labute approximate surface area is 122 Å². The zero-order valence-electron chi connectivity index (χ0n) is 11.6. The van der Waals surface area contributed by atoms with Crippen LogP contribution in [0.4, 0.5) is 10.1 Å². The maximum Gasteiger partial charge on any atom is 0.161 e. The molecule has 1 aromatic rings. The van der Waals surface area contributed by atoms with Gasteiger partial charge in [-0.1, -0.05) is 0 Å². The van der Waals surface area contributed by atoms with E-state index in [1.54, 1.807) is 12.1 Å². The highest BCUT2D eigenvalue weighted by molar-refractivity contribution is 9.10. The molecular formula is C14H19BrFN3. The van der Waals surface area contributed by atoms with Crippen LogP contribution in [0, 0.1) is 17.1 Å². The average Bonchev–Trinajstić information content (AvgIpc) is 2.38. The molecule has 5 heteroatoms. The summed E-state index contributed by atoms with van der Waals surface area (Å²) in [5, 5.41) is 8.87. The minimum Gasteiger partial charge on any atom is -0.369 e. The molecule has 0 aliphatic carbocycles. The van der Waals surface area contributed by atoms with E-state index in [1.807, 2.05) is 32.0 Å². The van der Waals surface area contributed by atoms with Crippen LogP contribution in [0.25, 0.3) is 0 Å². The second-order valence-corrected chi connectivity index (χ2v) is 5.40. The minimum atomic E-state index is -0.356. The number of nitrogens with zero attached hydrogens (tertiary/aromatic N) is 3. The van der Waals surface area contributed by atoms with Crippen LogP contribution < -0.4 is 4.90 Å². The highest BCUT2D eigenvalue weighted by Crippen LogP contribution is 2.29. The van der Waals surface area contributed by atoms with Crippen LogP contribution in [0.15, 0.2) is 16.6 Å². The van der Waals surface area contributed by atoms with Gasteiger partial charge < -0.3 is 9.80 Å². The first kappa shape index (κ1) is 15.9. The molecule has 0 bridgehead atoms. The molecule has 1 rings (SSSR count). The minimum absolute atomic E-state index is 0.249. The quantitative estimate of drug-likeness (QED) is 0.803. The van der Waals surface area contributed by atoms with Gasteiger partial charge in [-0.15, -0.1) is 0 Å². The number of nitriles is 1. The van der Waals surface area contributed by atoms with Gasteiger partial charge in [-0.3, -0.25) is 0 Å². The molecule has 0 radical (unpaired) electrons. The number of rotatable bonds is 6. The molecule has 0 aromatic heterocycles. The first-order valence-corrected chi connectivity index (χ1v) is 7.08. The Kier molecular flexibility index (Phi) is 6.26. The van der Waals surface area contributed by atoms with E-state index < -0.39 is 0 Å². The first-order chi connectivity index (χ1) is 9.01. The standard InChI is InChI=1S/C14H19BrFN3/c1-4-19(9-5-8-18(2)3)12-7-6-11(10-17)13(15)14(12)16/h6-7H,4-5,8-9H2,1-3H3. The molecule has 19 heavy (non-hydrogen) atoms. The Morgan fingerprint density at radius 3 is 2.53 bits per heavy atom. The molecule has 104 valence electrons. The Hall–Kier alpha value is -1.12. The number of benzene rings is 1. The van der Waals surface area contributed by atoms with Crippen LogP contribution in [0.2, 0.25) is 0 Å². The zero-order chi connectivity index (χ0) is 14.4. The third-order valence-electron chi connectivity index (χ3n) is 2.94. The Morgan fingerprint density at radius 2 is 2.00 bits per heavy atom. The maximum atomic E-state index is 14.2. The van der Waals surface area contributed by atoms with E-state index in [-0.39, 0.29) is 10.3 Å². The summed E-state index contributed by atoms with van der Waals surface area (Å²) in [6, 6.07) is 5.29. The summed E-state index contributed by atoms with van der Waals surface area (Å²) in [6.07, 6.45) is 0.970. The Bertz CT molecular complexity index is 468. The summed E-state index contributed by atoms with van der Waals surface area (Å²) in [5.41, 5.74) is 0.873. The maximum absolute atomic E-state index is 14.2. The van der Waals surface area contributed by atoms with Gasteiger partial charge in [-0.2, -0.15) is 5.26 Å². The highest BCUT2D eigenvalue weighted by atomic mass is 79.9. The van der Waals surface area contributed by atoms with Crippen LogP contribution in [0.3, 0.4) is 0 Å². The summed E-state index contributed by atoms with van der Waals surface area (Å²) in [6.45, 7) is 4.50. The third-order valence-corrected chi connectivity index (χ3v) is 3.71. The van der Waals surface area contributed by atoms with Gasteiger partial charge >= 0.3 is 0 Å². The number of halogens is 2. The van der Waals surface area contributed by atoms with E-state index in [2.05, 4.69) is 20.8 Å². The lowest BCUT2D eigenvalue weighted by Crippen LogP contribution is -2.27. The molecular weight excluding hydrogens is 309 g/mol. The van der Waals surface area contributed by atoms with Gasteiger partial charge in [0.25, 0.3) is 0 Å². The van der Waals surface area contributed by atoms with Gasteiger partial charge in [0.2, 0.25) is 0 Å². The van der Waals surface area contributed by atoms with Crippen molar-refractivity contribution in [1.82, 2.24) is 4.90 Å². The molecule has 0 heterocycles. The van der Waals surface area contributed by atoms with Crippen LogP contribution in [0.1, 0.15) is 18.9 Å². The molecule has 0 atom stereocenters. The molecule has 0 saturated carbocycles. The lowest BCUT2D eigenvalue weighted by atomic mass is 10.2. The molecule has 0 aliphatic rings. The highest BCUT2D eigenvalue weighted by Gasteiger charge is 2.15. The van der Waals surface area contributed by atoms with E-state index in [0.29, 0.717) is 11.3 Å². The molecule has 0 unspecified atom stereocenters. The van der Waals surface area contributed by atoms with Crippen molar-refractivity contribution in [2.45, 2.75) is 13.3 Å². The summed E-state index contributed by atoms with van der Waals surface area (Å²) >= 11 is 3.15.